The Bertz CT molecular complexity index is 651. The highest BCUT2D eigenvalue weighted by atomic mass is 16.6. The van der Waals surface area contributed by atoms with Crippen LogP contribution in [-0.4, -0.2) is 54.0 Å². The van der Waals surface area contributed by atoms with E-state index in [2.05, 4.69) is 11.1 Å². The summed E-state index contributed by atoms with van der Waals surface area (Å²) in [5, 5.41) is 0. The minimum atomic E-state index is -0.511. The summed E-state index contributed by atoms with van der Waals surface area (Å²) in [6.07, 6.45) is 4.19. The normalized spacial score (nSPS) is 23.5. The fraction of sp³-hybridized carbons (Fsp3) is 0.556. The fourth-order valence-corrected chi connectivity index (χ4v) is 3.19. The topological polar surface area (TPSA) is 60.9 Å². The molecule has 3 rings (SSSR count). The largest absolute Gasteiger partial charge is 0.481 e. The molecule has 3 heterocycles. The maximum Gasteiger partial charge on any atom is 0.411 e. The lowest BCUT2D eigenvalue weighted by Crippen LogP contribution is -2.57. The molecule has 2 aliphatic rings. The molecule has 0 N–H and O–H groups in total. The number of hydrogen-bond donors (Lipinski definition) is 0. The minimum absolute atomic E-state index is 0.0384. The fourth-order valence-electron chi connectivity index (χ4n) is 3.19. The van der Waals surface area contributed by atoms with E-state index in [0.717, 1.165) is 11.1 Å². The first-order valence-corrected chi connectivity index (χ1v) is 8.18. The van der Waals surface area contributed by atoms with Crippen molar-refractivity contribution in [2.45, 2.75) is 44.9 Å². The molecule has 0 aromatic carbocycles. The Morgan fingerprint density at radius 2 is 2.17 bits per heavy atom. The number of amides is 1. The van der Waals surface area contributed by atoms with Crippen LogP contribution in [0.25, 0.3) is 5.57 Å². The number of fused-ring (bicyclic) bond motifs is 2. The number of hydrogen-bond acceptors (Lipinski definition) is 5. The molecule has 2 unspecified atom stereocenters. The molecular formula is C18H24N2O4. The van der Waals surface area contributed by atoms with Crippen LogP contribution in [0.1, 0.15) is 32.8 Å². The summed E-state index contributed by atoms with van der Waals surface area (Å²) in [7, 11) is 1.62. The number of morpholine rings is 1. The average Bonchev–Trinajstić information content (AvgIpc) is 2.52. The molecular weight excluding hydrogens is 308 g/mol. The van der Waals surface area contributed by atoms with Crippen molar-refractivity contribution in [3.63, 3.8) is 0 Å². The molecule has 6 nitrogen and oxygen atoms in total. The molecule has 0 spiro atoms. The Labute approximate surface area is 142 Å². The van der Waals surface area contributed by atoms with Crippen molar-refractivity contribution in [3.8, 4) is 5.88 Å². The number of nitrogens with zero attached hydrogens (tertiary/aromatic N) is 2. The molecule has 1 saturated heterocycles. The van der Waals surface area contributed by atoms with Gasteiger partial charge in [-0.2, -0.15) is 0 Å². The van der Waals surface area contributed by atoms with Gasteiger partial charge in [-0.05, 0) is 44.9 Å². The van der Waals surface area contributed by atoms with E-state index in [1.54, 1.807) is 18.2 Å². The molecule has 0 saturated carbocycles. The maximum atomic E-state index is 12.6. The molecule has 24 heavy (non-hydrogen) atoms. The van der Waals surface area contributed by atoms with Crippen molar-refractivity contribution in [3.05, 3.63) is 30.0 Å². The lowest BCUT2D eigenvalue weighted by molar-refractivity contribution is -0.0510. The van der Waals surface area contributed by atoms with Crippen molar-refractivity contribution in [2.24, 2.45) is 0 Å². The number of ether oxygens (including phenoxy) is 3. The van der Waals surface area contributed by atoms with Crippen molar-refractivity contribution < 1.29 is 19.0 Å². The summed E-state index contributed by atoms with van der Waals surface area (Å²) >= 11 is 0. The van der Waals surface area contributed by atoms with Gasteiger partial charge in [-0.25, -0.2) is 9.78 Å². The van der Waals surface area contributed by atoms with E-state index in [4.69, 9.17) is 14.2 Å². The maximum absolute atomic E-state index is 12.6. The Balaban J connectivity index is 1.89. The van der Waals surface area contributed by atoms with E-state index in [1.165, 1.54) is 0 Å². The first kappa shape index (κ1) is 16.8. The van der Waals surface area contributed by atoms with Gasteiger partial charge in [0, 0.05) is 11.8 Å². The molecule has 2 aliphatic heterocycles. The number of methoxy groups -OCH3 is 1. The molecule has 1 amide bonds. The van der Waals surface area contributed by atoms with E-state index < -0.39 is 5.60 Å². The van der Waals surface area contributed by atoms with E-state index in [-0.39, 0.29) is 18.2 Å². The second-order valence-corrected chi connectivity index (χ2v) is 7.10. The summed E-state index contributed by atoms with van der Waals surface area (Å²) in [6, 6.07) is 3.72. The van der Waals surface area contributed by atoms with Crippen LogP contribution in [0.5, 0.6) is 5.88 Å². The SMILES string of the molecule is COc1ncccc1C1=CC2COCC(C1)N2C(=O)OC(C)(C)C. The third-order valence-corrected chi connectivity index (χ3v) is 4.11. The second kappa shape index (κ2) is 6.43. The highest BCUT2D eigenvalue weighted by molar-refractivity contribution is 5.76. The first-order chi connectivity index (χ1) is 11.4. The van der Waals surface area contributed by atoms with Gasteiger partial charge in [0.2, 0.25) is 5.88 Å². The van der Waals surface area contributed by atoms with Crippen LogP contribution in [0.2, 0.25) is 0 Å². The van der Waals surface area contributed by atoms with Crippen molar-refractivity contribution in [1.29, 1.82) is 0 Å². The van der Waals surface area contributed by atoms with Crippen molar-refractivity contribution in [2.75, 3.05) is 20.3 Å². The van der Waals surface area contributed by atoms with Gasteiger partial charge in [0.25, 0.3) is 0 Å². The molecule has 2 atom stereocenters. The molecule has 0 radical (unpaired) electrons. The van der Waals surface area contributed by atoms with Crippen LogP contribution >= 0.6 is 0 Å². The zero-order valence-corrected chi connectivity index (χ0v) is 14.6. The van der Waals surface area contributed by atoms with E-state index >= 15 is 0 Å². The van der Waals surface area contributed by atoms with Gasteiger partial charge in [0.05, 0.1) is 32.4 Å². The predicted molar refractivity (Wildman–Crippen MR) is 89.9 cm³/mol. The number of carbonyl (C=O) groups excluding carboxylic acids is 1. The molecule has 2 bridgehead atoms. The van der Waals surface area contributed by atoms with E-state index in [0.29, 0.717) is 25.5 Å². The highest BCUT2D eigenvalue weighted by Crippen LogP contribution is 2.36. The molecule has 1 fully saturated rings. The Kier molecular flexibility index (Phi) is 4.49. The lowest BCUT2D eigenvalue weighted by Gasteiger charge is -2.44. The summed E-state index contributed by atoms with van der Waals surface area (Å²) in [5.74, 6) is 0.605. The molecule has 6 heteroatoms. The third kappa shape index (κ3) is 3.38. The van der Waals surface area contributed by atoms with Gasteiger partial charge in [-0.3, -0.25) is 4.90 Å². The Morgan fingerprint density at radius 3 is 2.83 bits per heavy atom. The molecule has 130 valence electrons. The third-order valence-electron chi connectivity index (χ3n) is 4.11. The predicted octanol–water partition coefficient (Wildman–Crippen LogP) is 2.88. The van der Waals surface area contributed by atoms with E-state index in [1.807, 2.05) is 32.9 Å². The summed E-state index contributed by atoms with van der Waals surface area (Å²) in [6.45, 7) is 6.62. The van der Waals surface area contributed by atoms with Crippen LogP contribution < -0.4 is 4.74 Å². The van der Waals surface area contributed by atoms with Crippen LogP contribution in [0.3, 0.4) is 0 Å². The van der Waals surface area contributed by atoms with Gasteiger partial charge in [-0.15, -0.1) is 0 Å². The van der Waals surface area contributed by atoms with Gasteiger partial charge in [0.15, 0.2) is 0 Å². The van der Waals surface area contributed by atoms with E-state index in [9.17, 15) is 4.79 Å². The standard InChI is InChI=1S/C18H24N2O4/c1-18(2,3)24-17(21)20-13-8-12(9-14(20)11-23-10-13)15-6-5-7-19-16(15)22-4/h5-8,13-14H,9-11H2,1-4H3. The second-order valence-electron chi connectivity index (χ2n) is 7.10. The van der Waals surface area contributed by atoms with Gasteiger partial charge < -0.3 is 14.2 Å². The zero-order valence-electron chi connectivity index (χ0n) is 14.6. The molecule has 1 aromatic rings. The number of rotatable bonds is 2. The van der Waals surface area contributed by atoms with Crippen LogP contribution in [0.4, 0.5) is 4.79 Å². The monoisotopic (exact) mass is 332 g/mol. The Morgan fingerprint density at radius 1 is 1.38 bits per heavy atom. The average molecular weight is 332 g/mol. The quantitative estimate of drug-likeness (QED) is 0.833. The number of aromatic nitrogens is 1. The van der Waals surface area contributed by atoms with Crippen LogP contribution in [-0.2, 0) is 9.47 Å². The smallest absolute Gasteiger partial charge is 0.411 e. The summed E-state index contributed by atoms with van der Waals surface area (Å²) in [4.78, 5) is 18.7. The number of carbonyl (C=O) groups is 1. The van der Waals surface area contributed by atoms with Crippen LogP contribution in [0, 0.1) is 0 Å². The Hall–Kier alpha value is -2.08. The van der Waals surface area contributed by atoms with Crippen molar-refractivity contribution in [1.82, 2.24) is 9.88 Å². The first-order valence-electron chi connectivity index (χ1n) is 8.18. The lowest BCUT2D eigenvalue weighted by atomic mass is 9.90. The van der Waals surface area contributed by atoms with Gasteiger partial charge >= 0.3 is 6.09 Å². The summed E-state index contributed by atoms with van der Waals surface area (Å²) in [5.41, 5.74) is 1.60. The molecule has 0 aliphatic carbocycles. The minimum Gasteiger partial charge on any atom is -0.481 e. The highest BCUT2D eigenvalue weighted by Gasteiger charge is 2.40. The molecule has 1 aromatic heterocycles. The zero-order chi connectivity index (χ0) is 17.3. The van der Waals surface area contributed by atoms with Crippen molar-refractivity contribution >= 4 is 11.7 Å². The number of pyridine rings is 1. The van der Waals surface area contributed by atoms with Crippen LogP contribution in [0.15, 0.2) is 24.4 Å². The van der Waals surface area contributed by atoms with Gasteiger partial charge in [-0.1, -0.05) is 6.08 Å². The van der Waals surface area contributed by atoms with Gasteiger partial charge in [0.1, 0.15) is 5.60 Å². The summed E-state index contributed by atoms with van der Waals surface area (Å²) < 4.78 is 16.6.